The zero-order valence-corrected chi connectivity index (χ0v) is 14.2. The van der Waals surface area contributed by atoms with Crippen LogP contribution >= 0.6 is 12.4 Å². The summed E-state index contributed by atoms with van der Waals surface area (Å²) in [7, 11) is 0. The molecule has 1 aliphatic heterocycles. The van der Waals surface area contributed by atoms with Crippen LogP contribution < -0.4 is 5.73 Å². The van der Waals surface area contributed by atoms with Gasteiger partial charge in [-0.05, 0) is 42.9 Å². The number of nitrogens with two attached hydrogens (primary N) is 1. The highest BCUT2D eigenvalue weighted by molar-refractivity contribution is 5.85. The van der Waals surface area contributed by atoms with Gasteiger partial charge in [0.05, 0.1) is 11.4 Å². The largest absolute Gasteiger partial charge is 0.327 e. The molecule has 1 aliphatic carbocycles. The van der Waals surface area contributed by atoms with Gasteiger partial charge in [0.15, 0.2) is 0 Å². The minimum atomic E-state index is 0. The zero-order valence-electron chi connectivity index (χ0n) is 13.3. The summed E-state index contributed by atoms with van der Waals surface area (Å²) in [5, 5.41) is 4.72. The Morgan fingerprint density at radius 1 is 1.09 bits per heavy atom. The Kier molecular flexibility index (Phi) is 5.05. The van der Waals surface area contributed by atoms with Gasteiger partial charge in [-0.2, -0.15) is 5.10 Å². The first-order valence-corrected chi connectivity index (χ1v) is 8.37. The van der Waals surface area contributed by atoms with E-state index < -0.39 is 0 Å². The molecule has 2 fully saturated rings. The SMILES string of the molecule is Cl.NC1CCCC2CN(Cc3ccn(-c4ccccc4)n3)CC12. The Labute approximate surface area is 144 Å². The Morgan fingerprint density at radius 3 is 2.70 bits per heavy atom. The van der Waals surface area contributed by atoms with Crippen molar-refractivity contribution in [3.63, 3.8) is 0 Å². The van der Waals surface area contributed by atoms with Crippen molar-refractivity contribution < 1.29 is 0 Å². The lowest BCUT2D eigenvalue weighted by molar-refractivity contribution is 0.259. The minimum absolute atomic E-state index is 0. The summed E-state index contributed by atoms with van der Waals surface area (Å²) in [6.07, 6.45) is 5.92. The van der Waals surface area contributed by atoms with Gasteiger partial charge in [-0.15, -0.1) is 12.4 Å². The molecule has 0 amide bonds. The van der Waals surface area contributed by atoms with Crippen molar-refractivity contribution >= 4 is 12.4 Å². The van der Waals surface area contributed by atoms with Crippen LogP contribution in [-0.2, 0) is 6.54 Å². The molecule has 1 aromatic carbocycles. The van der Waals surface area contributed by atoms with Gasteiger partial charge in [0.2, 0.25) is 0 Å². The number of likely N-dealkylation sites (tertiary alicyclic amines) is 1. The number of halogens is 1. The maximum atomic E-state index is 6.31. The van der Waals surface area contributed by atoms with Crippen LogP contribution in [0.4, 0.5) is 0 Å². The van der Waals surface area contributed by atoms with E-state index in [1.54, 1.807) is 0 Å². The maximum absolute atomic E-state index is 6.31. The van der Waals surface area contributed by atoms with Gasteiger partial charge in [-0.3, -0.25) is 4.90 Å². The van der Waals surface area contributed by atoms with Crippen LogP contribution in [0.5, 0.6) is 0 Å². The van der Waals surface area contributed by atoms with Crippen molar-refractivity contribution in [2.75, 3.05) is 13.1 Å². The van der Waals surface area contributed by atoms with Gasteiger partial charge in [0.1, 0.15) is 0 Å². The lowest BCUT2D eigenvalue weighted by Crippen LogP contribution is -2.38. The van der Waals surface area contributed by atoms with Crippen molar-refractivity contribution in [1.29, 1.82) is 0 Å². The van der Waals surface area contributed by atoms with Gasteiger partial charge in [0.25, 0.3) is 0 Å². The second kappa shape index (κ2) is 7.04. The third kappa shape index (κ3) is 3.44. The van der Waals surface area contributed by atoms with Crippen LogP contribution in [0.3, 0.4) is 0 Å². The predicted octanol–water partition coefficient (Wildman–Crippen LogP) is 2.85. The maximum Gasteiger partial charge on any atom is 0.0769 e. The van der Waals surface area contributed by atoms with Gasteiger partial charge in [0, 0.05) is 31.9 Å². The number of hydrogen-bond acceptors (Lipinski definition) is 3. The smallest absolute Gasteiger partial charge is 0.0769 e. The molecular formula is C18H25ClN4. The van der Waals surface area contributed by atoms with Crippen molar-refractivity contribution in [2.24, 2.45) is 17.6 Å². The van der Waals surface area contributed by atoms with E-state index in [4.69, 9.17) is 10.8 Å². The molecule has 3 unspecified atom stereocenters. The lowest BCUT2D eigenvalue weighted by atomic mass is 9.78. The van der Waals surface area contributed by atoms with E-state index >= 15 is 0 Å². The summed E-state index contributed by atoms with van der Waals surface area (Å²) in [5.41, 5.74) is 8.57. The lowest BCUT2D eigenvalue weighted by Gasteiger charge is -2.29. The second-order valence-electron chi connectivity index (χ2n) is 6.80. The second-order valence-corrected chi connectivity index (χ2v) is 6.80. The summed E-state index contributed by atoms with van der Waals surface area (Å²) in [4.78, 5) is 2.54. The van der Waals surface area contributed by atoms with Crippen LogP contribution in [-0.4, -0.2) is 33.8 Å². The topological polar surface area (TPSA) is 47.1 Å². The van der Waals surface area contributed by atoms with Crippen molar-refractivity contribution in [1.82, 2.24) is 14.7 Å². The summed E-state index contributed by atoms with van der Waals surface area (Å²) in [6, 6.07) is 12.8. The molecule has 1 saturated heterocycles. The molecule has 23 heavy (non-hydrogen) atoms. The molecule has 5 heteroatoms. The third-order valence-corrected chi connectivity index (χ3v) is 5.28. The summed E-state index contributed by atoms with van der Waals surface area (Å²) >= 11 is 0. The van der Waals surface area contributed by atoms with Crippen LogP contribution in [0.15, 0.2) is 42.6 Å². The highest BCUT2D eigenvalue weighted by Crippen LogP contribution is 2.35. The first-order valence-electron chi connectivity index (χ1n) is 8.37. The van der Waals surface area contributed by atoms with E-state index in [0.717, 1.165) is 30.4 Å². The molecular weight excluding hydrogens is 308 g/mol. The number of para-hydroxylation sites is 1. The Hall–Kier alpha value is -1.36. The minimum Gasteiger partial charge on any atom is -0.327 e. The molecule has 124 valence electrons. The third-order valence-electron chi connectivity index (χ3n) is 5.28. The van der Waals surface area contributed by atoms with Crippen LogP contribution in [0.25, 0.3) is 5.69 Å². The van der Waals surface area contributed by atoms with E-state index in [-0.39, 0.29) is 12.4 Å². The normalized spacial score (nSPS) is 27.4. The van der Waals surface area contributed by atoms with Gasteiger partial charge < -0.3 is 5.73 Å². The summed E-state index contributed by atoms with van der Waals surface area (Å²) in [5.74, 6) is 1.50. The highest BCUT2D eigenvalue weighted by Gasteiger charge is 2.38. The quantitative estimate of drug-likeness (QED) is 0.940. The molecule has 4 rings (SSSR count). The number of benzene rings is 1. The summed E-state index contributed by atoms with van der Waals surface area (Å²) < 4.78 is 1.96. The molecule has 2 heterocycles. The fourth-order valence-corrected chi connectivity index (χ4v) is 4.14. The van der Waals surface area contributed by atoms with Crippen LogP contribution in [0.1, 0.15) is 25.0 Å². The molecule has 0 radical (unpaired) electrons. The Bertz CT molecular complexity index is 627. The summed E-state index contributed by atoms with van der Waals surface area (Å²) in [6.45, 7) is 3.28. The van der Waals surface area contributed by atoms with Gasteiger partial charge >= 0.3 is 0 Å². The number of rotatable bonds is 3. The molecule has 0 bridgehead atoms. The van der Waals surface area contributed by atoms with Gasteiger partial charge in [-0.1, -0.05) is 24.6 Å². The number of fused-ring (bicyclic) bond motifs is 1. The van der Waals surface area contributed by atoms with Crippen LogP contribution in [0, 0.1) is 11.8 Å². The van der Waals surface area contributed by atoms with Crippen LogP contribution in [0.2, 0.25) is 0 Å². The van der Waals surface area contributed by atoms with Crippen molar-refractivity contribution in [3.05, 3.63) is 48.3 Å². The molecule has 2 N–H and O–H groups in total. The molecule has 2 aromatic rings. The monoisotopic (exact) mass is 332 g/mol. The Morgan fingerprint density at radius 2 is 1.91 bits per heavy atom. The molecule has 1 saturated carbocycles. The highest BCUT2D eigenvalue weighted by atomic mass is 35.5. The molecule has 2 aliphatic rings. The Balaban J connectivity index is 0.00000156. The van der Waals surface area contributed by atoms with E-state index in [0.29, 0.717) is 12.0 Å². The molecule has 0 spiro atoms. The first kappa shape index (κ1) is 16.5. The number of aromatic nitrogens is 2. The zero-order chi connectivity index (χ0) is 14.9. The molecule has 4 nitrogen and oxygen atoms in total. The van der Waals surface area contributed by atoms with E-state index in [9.17, 15) is 0 Å². The fourth-order valence-electron chi connectivity index (χ4n) is 4.14. The standard InChI is InChI=1S/C18H24N4.ClH/c19-18-8-4-5-14-11-21(13-17(14)18)12-15-9-10-22(20-15)16-6-2-1-3-7-16;/h1-3,6-7,9-10,14,17-18H,4-5,8,11-13,19H2;1H. The van der Waals surface area contributed by atoms with Gasteiger partial charge in [-0.25, -0.2) is 4.68 Å². The van der Waals surface area contributed by atoms with E-state index in [1.165, 1.54) is 25.8 Å². The molecule has 1 aromatic heterocycles. The fraction of sp³-hybridized carbons (Fsp3) is 0.500. The number of nitrogens with zero attached hydrogens (tertiary/aromatic N) is 3. The van der Waals surface area contributed by atoms with Crippen molar-refractivity contribution in [2.45, 2.75) is 31.8 Å². The van der Waals surface area contributed by atoms with E-state index in [2.05, 4.69) is 29.3 Å². The van der Waals surface area contributed by atoms with E-state index in [1.807, 2.05) is 22.9 Å². The number of hydrogen-bond donors (Lipinski definition) is 1. The average Bonchev–Trinajstić information content (AvgIpc) is 3.16. The average molecular weight is 333 g/mol. The first-order chi connectivity index (χ1) is 10.8. The van der Waals surface area contributed by atoms with Crippen molar-refractivity contribution in [3.8, 4) is 5.69 Å². The predicted molar refractivity (Wildman–Crippen MR) is 94.9 cm³/mol. The molecule has 3 atom stereocenters.